The first-order valence-corrected chi connectivity index (χ1v) is 7.64. The van der Waals surface area contributed by atoms with Gasteiger partial charge in [0.25, 0.3) is 0 Å². The molecule has 0 aliphatic rings. The minimum Gasteiger partial charge on any atom is -0.386 e. The molecule has 126 valence electrons. The summed E-state index contributed by atoms with van der Waals surface area (Å²) < 4.78 is 2.67. The van der Waals surface area contributed by atoms with E-state index in [1.165, 1.54) is 15.6 Å². The summed E-state index contributed by atoms with van der Waals surface area (Å²) in [6, 6.07) is 10.5. The van der Waals surface area contributed by atoms with E-state index in [0.717, 1.165) is 5.69 Å². The van der Waals surface area contributed by atoms with Crippen LogP contribution in [-0.4, -0.2) is 35.8 Å². The molecule has 0 saturated heterocycles. The lowest BCUT2D eigenvalue weighted by molar-refractivity contribution is 0.0937. The maximum Gasteiger partial charge on any atom is 0.300 e. The third kappa shape index (κ3) is 3.46. The lowest BCUT2D eigenvalue weighted by Gasteiger charge is -2.10. The Morgan fingerprint density at radius 2 is 2.16 bits per heavy atom. The van der Waals surface area contributed by atoms with Crippen LogP contribution in [0.1, 0.15) is 39.1 Å². The van der Waals surface area contributed by atoms with Crippen molar-refractivity contribution in [3.63, 3.8) is 0 Å². The van der Waals surface area contributed by atoms with Gasteiger partial charge in [0.1, 0.15) is 0 Å². The number of aryl methyl sites for hydroxylation is 2. The second-order valence-electron chi connectivity index (χ2n) is 5.72. The number of aliphatic hydroxyl groups excluding tert-OH is 1. The Morgan fingerprint density at radius 3 is 2.84 bits per heavy atom. The number of carbonyl (C=O) groups is 1. The summed E-state index contributed by atoms with van der Waals surface area (Å²) in [6.45, 7) is 3.71. The number of benzene rings is 1. The first-order chi connectivity index (χ1) is 12.0. The van der Waals surface area contributed by atoms with Gasteiger partial charge in [0.15, 0.2) is 5.69 Å². The van der Waals surface area contributed by atoms with E-state index in [1.54, 1.807) is 44.2 Å². The maximum atomic E-state index is 12.4. The zero-order chi connectivity index (χ0) is 18.0. The molecule has 0 saturated carbocycles. The van der Waals surface area contributed by atoms with E-state index in [1.807, 2.05) is 6.07 Å². The lowest BCUT2D eigenvalue weighted by Crippen LogP contribution is -2.15. The van der Waals surface area contributed by atoms with Crippen molar-refractivity contribution in [2.75, 3.05) is 0 Å². The van der Waals surface area contributed by atoms with Crippen LogP contribution >= 0.6 is 0 Å². The highest BCUT2D eigenvalue weighted by Gasteiger charge is 2.18. The molecule has 0 aliphatic carbocycles. The zero-order valence-electron chi connectivity index (χ0n) is 13.8. The molecule has 1 aromatic carbocycles. The van der Waals surface area contributed by atoms with Gasteiger partial charge in [0.05, 0.1) is 36.2 Å². The summed E-state index contributed by atoms with van der Waals surface area (Å²) in [5.74, 6) is -0.377. The van der Waals surface area contributed by atoms with Crippen LogP contribution in [0.3, 0.4) is 0 Å². The average Bonchev–Trinajstić information content (AvgIpc) is 3.20. The molecule has 0 radical (unpaired) electrons. The molecule has 3 aromatic rings. The summed E-state index contributed by atoms with van der Waals surface area (Å²) >= 11 is 0. The van der Waals surface area contributed by atoms with Crippen LogP contribution in [0.15, 0.2) is 36.5 Å². The van der Waals surface area contributed by atoms with Crippen molar-refractivity contribution in [2.45, 2.75) is 26.5 Å². The first kappa shape index (κ1) is 16.5. The monoisotopic (exact) mass is 336 g/mol. The highest BCUT2D eigenvalue weighted by molar-refractivity contribution is 5.93. The molecule has 0 spiro atoms. The minimum absolute atomic E-state index is 0.117. The number of carbonyl (C=O) groups excluding carboxylic acids is 1. The van der Waals surface area contributed by atoms with E-state index in [2.05, 4.69) is 15.4 Å². The van der Waals surface area contributed by atoms with E-state index in [-0.39, 0.29) is 18.1 Å². The molecule has 2 heterocycles. The van der Waals surface area contributed by atoms with Gasteiger partial charge < -0.3 is 5.11 Å². The Morgan fingerprint density at radius 1 is 1.36 bits per heavy atom. The Bertz CT molecular complexity index is 966. The summed E-state index contributed by atoms with van der Waals surface area (Å²) in [5, 5.41) is 31.1. The standard InChI is InChI=1S/C17H16N6O2/c1-11-6-12(2)23(20-11)17(25)15-9-22(21-19-15)10-16(24)14-5-3-4-13(7-14)8-18/h3-7,9,16,24H,10H2,1-2H3. The van der Waals surface area contributed by atoms with Gasteiger partial charge in [-0.1, -0.05) is 17.3 Å². The molecule has 2 aromatic heterocycles. The number of nitrogens with zero attached hydrogens (tertiary/aromatic N) is 6. The van der Waals surface area contributed by atoms with E-state index in [0.29, 0.717) is 16.8 Å². The summed E-state index contributed by atoms with van der Waals surface area (Å²) in [7, 11) is 0. The van der Waals surface area contributed by atoms with Gasteiger partial charge in [0.2, 0.25) is 0 Å². The van der Waals surface area contributed by atoms with Crippen molar-refractivity contribution < 1.29 is 9.90 Å². The van der Waals surface area contributed by atoms with Gasteiger partial charge in [-0.2, -0.15) is 15.0 Å². The number of hydrogen-bond acceptors (Lipinski definition) is 6. The summed E-state index contributed by atoms with van der Waals surface area (Å²) in [5.41, 5.74) is 2.66. The molecule has 0 fully saturated rings. The fourth-order valence-electron chi connectivity index (χ4n) is 2.53. The molecule has 25 heavy (non-hydrogen) atoms. The summed E-state index contributed by atoms with van der Waals surface area (Å²) in [4.78, 5) is 12.4. The molecule has 3 rings (SSSR count). The number of hydrogen-bond donors (Lipinski definition) is 1. The van der Waals surface area contributed by atoms with Crippen LogP contribution in [0.4, 0.5) is 0 Å². The maximum absolute atomic E-state index is 12.4. The van der Waals surface area contributed by atoms with Gasteiger partial charge in [-0.3, -0.25) is 4.79 Å². The average molecular weight is 336 g/mol. The second kappa shape index (κ2) is 6.67. The fourth-order valence-corrected chi connectivity index (χ4v) is 2.53. The van der Waals surface area contributed by atoms with Crippen molar-refractivity contribution >= 4 is 5.91 Å². The third-order valence-corrected chi connectivity index (χ3v) is 3.72. The highest BCUT2D eigenvalue weighted by atomic mass is 16.3. The minimum atomic E-state index is -0.869. The number of aliphatic hydroxyl groups is 1. The van der Waals surface area contributed by atoms with Crippen LogP contribution in [0.2, 0.25) is 0 Å². The predicted octanol–water partition coefficient (Wildman–Crippen LogP) is 1.39. The highest BCUT2D eigenvalue weighted by Crippen LogP contribution is 2.16. The van der Waals surface area contributed by atoms with E-state index in [9.17, 15) is 9.90 Å². The van der Waals surface area contributed by atoms with Crippen LogP contribution in [-0.2, 0) is 6.54 Å². The van der Waals surface area contributed by atoms with Crippen molar-refractivity contribution in [1.29, 1.82) is 5.26 Å². The molecule has 1 N–H and O–H groups in total. The van der Waals surface area contributed by atoms with E-state index in [4.69, 9.17) is 5.26 Å². The largest absolute Gasteiger partial charge is 0.386 e. The Labute approximate surface area is 143 Å². The topological polar surface area (TPSA) is 110 Å². The van der Waals surface area contributed by atoms with Crippen LogP contribution in [0.25, 0.3) is 0 Å². The number of aromatic nitrogens is 5. The molecule has 8 nitrogen and oxygen atoms in total. The number of rotatable bonds is 4. The molecule has 1 unspecified atom stereocenters. The molecule has 0 amide bonds. The van der Waals surface area contributed by atoms with Gasteiger partial charge >= 0.3 is 5.91 Å². The molecular weight excluding hydrogens is 320 g/mol. The van der Waals surface area contributed by atoms with Gasteiger partial charge in [0, 0.05) is 5.69 Å². The normalized spacial score (nSPS) is 11.9. The lowest BCUT2D eigenvalue weighted by atomic mass is 10.1. The quantitative estimate of drug-likeness (QED) is 0.771. The SMILES string of the molecule is Cc1cc(C)n(C(=O)c2cn(CC(O)c3cccc(C#N)c3)nn2)n1. The molecule has 8 heteroatoms. The summed E-state index contributed by atoms with van der Waals surface area (Å²) in [6.07, 6.45) is 0.600. The third-order valence-electron chi connectivity index (χ3n) is 3.72. The predicted molar refractivity (Wildman–Crippen MR) is 87.6 cm³/mol. The number of nitriles is 1. The van der Waals surface area contributed by atoms with Crippen molar-refractivity contribution in [3.8, 4) is 6.07 Å². The smallest absolute Gasteiger partial charge is 0.300 e. The van der Waals surface area contributed by atoms with E-state index < -0.39 is 6.10 Å². The Balaban J connectivity index is 1.76. The molecular formula is C17H16N6O2. The van der Waals surface area contributed by atoms with Crippen molar-refractivity contribution in [3.05, 3.63) is 64.7 Å². The van der Waals surface area contributed by atoms with Gasteiger partial charge in [-0.25, -0.2) is 4.68 Å². The molecule has 0 bridgehead atoms. The Hall–Kier alpha value is -3.31. The zero-order valence-corrected chi connectivity index (χ0v) is 13.8. The molecule has 1 atom stereocenters. The van der Waals surface area contributed by atoms with E-state index >= 15 is 0 Å². The van der Waals surface area contributed by atoms with Crippen molar-refractivity contribution in [1.82, 2.24) is 24.8 Å². The first-order valence-electron chi connectivity index (χ1n) is 7.64. The van der Waals surface area contributed by atoms with Crippen molar-refractivity contribution in [2.24, 2.45) is 0 Å². The molecule has 0 aliphatic heterocycles. The van der Waals surface area contributed by atoms with Gasteiger partial charge in [-0.05, 0) is 37.6 Å². The second-order valence-corrected chi connectivity index (χ2v) is 5.72. The van der Waals surface area contributed by atoms with Gasteiger partial charge in [-0.15, -0.1) is 5.10 Å². The Kier molecular flexibility index (Phi) is 4.41. The van der Waals surface area contributed by atoms with Crippen LogP contribution in [0.5, 0.6) is 0 Å². The fraction of sp³-hybridized carbons (Fsp3) is 0.235. The van der Waals surface area contributed by atoms with Crippen LogP contribution in [0, 0.1) is 25.2 Å². The van der Waals surface area contributed by atoms with Crippen LogP contribution < -0.4 is 0 Å².